The Morgan fingerprint density at radius 3 is 2.57 bits per heavy atom. The van der Waals surface area contributed by atoms with Crippen molar-refractivity contribution in [2.24, 2.45) is 0 Å². The van der Waals surface area contributed by atoms with Crippen LogP contribution in [0.25, 0.3) is 10.8 Å². The molecule has 0 radical (unpaired) electrons. The molecule has 1 aliphatic rings. The second-order valence-electron chi connectivity index (χ2n) is 6.33. The highest BCUT2D eigenvalue weighted by Gasteiger charge is 2.38. The summed E-state index contributed by atoms with van der Waals surface area (Å²) in [7, 11) is -4.20. The summed E-state index contributed by atoms with van der Waals surface area (Å²) in [5.41, 5.74) is 6.72. The molecule has 0 saturated carbocycles. The summed E-state index contributed by atoms with van der Waals surface area (Å²) in [6.07, 6.45) is 0. The van der Waals surface area contributed by atoms with Gasteiger partial charge in [-0.05, 0) is 35.2 Å². The zero-order chi connectivity index (χ0) is 19.9. The highest BCUT2D eigenvalue weighted by Crippen LogP contribution is 2.40. The van der Waals surface area contributed by atoms with E-state index in [1.807, 2.05) is 35.1 Å². The number of hydrogen-bond acceptors (Lipinski definition) is 5. The van der Waals surface area contributed by atoms with Crippen LogP contribution in [0.15, 0.2) is 54.6 Å². The number of benzene rings is 3. The Kier molecular flexibility index (Phi) is 4.31. The average molecular weight is 401 g/mol. The van der Waals surface area contributed by atoms with Gasteiger partial charge in [0.2, 0.25) is 0 Å². The molecule has 3 N–H and O–H groups in total. The Bertz CT molecular complexity index is 1180. The molecule has 0 unspecified atom stereocenters. The fourth-order valence-corrected chi connectivity index (χ4v) is 4.23. The van der Waals surface area contributed by atoms with Crippen LogP contribution in [0.5, 0.6) is 5.75 Å². The van der Waals surface area contributed by atoms with Crippen molar-refractivity contribution in [2.75, 3.05) is 16.6 Å². The van der Waals surface area contributed by atoms with Gasteiger partial charge in [-0.1, -0.05) is 30.3 Å². The summed E-state index contributed by atoms with van der Waals surface area (Å²) in [5.74, 6) is -1.55. The first-order valence-corrected chi connectivity index (χ1v) is 9.81. The maximum absolute atomic E-state index is 15.3. The van der Waals surface area contributed by atoms with Crippen molar-refractivity contribution in [1.82, 2.24) is 4.72 Å². The van der Waals surface area contributed by atoms with E-state index in [1.54, 1.807) is 6.07 Å². The molecule has 0 aromatic heterocycles. The standard InChI is InChI=1S/C19H16FN3O4S/c20-18-15-7-6-14(21)8-13(15)9-16(27-11-12-4-2-1-3-5-12)19(18)23-10-17(24)22-28(23,25)26/h1-9H,10-11,21H2,(H,22,24). The molecule has 0 atom stereocenters. The first kappa shape index (κ1) is 18.1. The molecule has 3 aromatic carbocycles. The van der Waals surface area contributed by atoms with Gasteiger partial charge in [0.25, 0.3) is 5.91 Å². The Hall–Kier alpha value is -3.33. The number of hydrogen-bond donors (Lipinski definition) is 2. The monoisotopic (exact) mass is 401 g/mol. The number of fused-ring (bicyclic) bond motifs is 1. The third-order valence-electron chi connectivity index (χ3n) is 4.35. The smallest absolute Gasteiger partial charge is 0.326 e. The molecular formula is C19H16FN3O4S. The lowest BCUT2D eigenvalue weighted by Crippen LogP contribution is -2.30. The molecule has 1 aliphatic heterocycles. The van der Waals surface area contributed by atoms with Crippen molar-refractivity contribution < 1.29 is 22.3 Å². The van der Waals surface area contributed by atoms with Crippen molar-refractivity contribution >= 4 is 38.3 Å². The zero-order valence-corrected chi connectivity index (χ0v) is 15.4. The number of nitrogen functional groups attached to an aromatic ring is 1. The van der Waals surface area contributed by atoms with Gasteiger partial charge in [0.15, 0.2) is 5.82 Å². The Balaban J connectivity index is 1.86. The number of amides is 1. The summed E-state index contributed by atoms with van der Waals surface area (Å²) >= 11 is 0. The largest absolute Gasteiger partial charge is 0.487 e. The van der Waals surface area contributed by atoms with E-state index in [0.29, 0.717) is 15.4 Å². The number of halogens is 1. The van der Waals surface area contributed by atoms with Crippen molar-refractivity contribution in [3.05, 3.63) is 66.0 Å². The molecule has 0 aliphatic carbocycles. The molecule has 4 rings (SSSR count). The number of carbonyl (C=O) groups excluding carboxylic acids is 1. The van der Waals surface area contributed by atoms with E-state index >= 15 is 4.39 Å². The van der Waals surface area contributed by atoms with Gasteiger partial charge >= 0.3 is 10.2 Å². The van der Waals surface area contributed by atoms with Gasteiger partial charge in [-0.3, -0.25) is 4.79 Å². The van der Waals surface area contributed by atoms with Gasteiger partial charge in [0, 0.05) is 11.1 Å². The molecule has 0 bridgehead atoms. The van der Waals surface area contributed by atoms with Crippen LogP contribution in [0.2, 0.25) is 0 Å². The Morgan fingerprint density at radius 2 is 1.89 bits per heavy atom. The minimum Gasteiger partial charge on any atom is -0.487 e. The van der Waals surface area contributed by atoms with E-state index in [2.05, 4.69) is 0 Å². The normalized spacial score (nSPS) is 15.6. The van der Waals surface area contributed by atoms with Gasteiger partial charge < -0.3 is 10.5 Å². The van der Waals surface area contributed by atoms with Crippen molar-refractivity contribution in [3.8, 4) is 5.75 Å². The van der Waals surface area contributed by atoms with Crippen LogP contribution in [0.4, 0.5) is 15.8 Å². The second kappa shape index (κ2) is 6.68. The third kappa shape index (κ3) is 3.20. The van der Waals surface area contributed by atoms with E-state index in [4.69, 9.17) is 10.5 Å². The lowest BCUT2D eigenvalue weighted by Gasteiger charge is -2.21. The molecule has 1 heterocycles. The maximum atomic E-state index is 15.3. The van der Waals surface area contributed by atoms with Gasteiger partial charge in [-0.15, -0.1) is 0 Å². The summed E-state index contributed by atoms with van der Waals surface area (Å²) in [5, 5.41) is 0.631. The number of nitrogens with zero attached hydrogens (tertiary/aromatic N) is 1. The Labute approximate surface area is 160 Å². The molecule has 1 amide bonds. The molecule has 0 spiro atoms. The molecule has 28 heavy (non-hydrogen) atoms. The van der Waals surface area contributed by atoms with Gasteiger partial charge in [-0.2, -0.15) is 8.42 Å². The molecule has 9 heteroatoms. The van der Waals surface area contributed by atoms with Gasteiger partial charge in [-0.25, -0.2) is 13.4 Å². The minimum atomic E-state index is -4.20. The van der Waals surface area contributed by atoms with Crippen LogP contribution in [0.3, 0.4) is 0 Å². The zero-order valence-electron chi connectivity index (χ0n) is 14.6. The van der Waals surface area contributed by atoms with Crippen LogP contribution < -0.4 is 19.5 Å². The van der Waals surface area contributed by atoms with Crippen molar-refractivity contribution in [3.63, 3.8) is 0 Å². The highest BCUT2D eigenvalue weighted by molar-refractivity contribution is 7.92. The molecule has 3 aromatic rings. The molecular weight excluding hydrogens is 385 g/mol. The van der Waals surface area contributed by atoms with Crippen LogP contribution in [-0.2, 0) is 21.6 Å². The van der Waals surface area contributed by atoms with E-state index in [1.165, 1.54) is 18.2 Å². The van der Waals surface area contributed by atoms with Crippen molar-refractivity contribution in [2.45, 2.75) is 6.61 Å². The summed E-state index contributed by atoms with van der Waals surface area (Å²) < 4.78 is 48.2. The minimum absolute atomic E-state index is 0.000437. The fourth-order valence-electron chi connectivity index (χ4n) is 3.07. The third-order valence-corrected chi connectivity index (χ3v) is 5.72. The number of anilines is 2. The second-order valence-corrected chi connectivity index (χ2v) is 7.92. The quantitative estimate of drug-likeness (QED) is 0.654. The molecule has 7 nitrogen and oxygen atoms in total. The summed E-state index contributed by atoms with van der Waals surface area (Å²) in [6.45, 7) is -0.433. The summed E-state index contributed by atoms with van der Waals surface area (Å²) in [6, 6.07) is 15.2. The predicted molar refractivity (Wildman–Crippen MR) is 104 cm³/mol. The van der Waals surface area contributed by atoms with Gasteiger partial charge in [0.05, 0.1) is 0 Å². The van der Waals surface area contributed by atoms with Gasteiger partial charge in [0.1, 0.15) is 24.6 Å². The molecule has 1 fully saturated rings. The fraction of sp³-hybridized carbons (Fsp3) is 0.105. The van der Waals surface area contributed by atoms with E-state index in [0.717, 1.165) is 5.56 Å². The summed E-state index contributed by atoms with van der Waals surface area (Å²) in [4.78, 5) is 11.6. The van der Waals surface area contributed by atoms with E-state index in [9.17, 15) is 13.2 Å². The number of nitrogens with two attached hydrogens (primary N) is 1. The number of rotatable bonds is 4. The predicted octanol–water partition coefficient (Wildman–Crippen LogP) is 2.32. The lowest BCUT2D eigenvalue weighted by atomic mass is 10.1. The number of ether oxygens (including phenoxy) is 1. The molecule has 1 saturated heterocycles. The van der Waals surface area contributed by atoms with Crippen LogP contribution >= 0.6 is 0 Å². The molecule has 144 valence electrons. The highest BCUT2D eigenvalue weighted by atomic mass is 32.2. The lowest BCUT2D eigenvalue weighted by molar-refractivity contribution is -0.117. The average Bonchev–Trinajstić information content (AvgIpc) is 2.92. The Morgan fingerprint density at radius 1 is 1.14 bits per heavy atom. The van der Waals surface area contributed by atoms with E-state index in [-0.39, 0.29) is 23.4 Å². The first-order chi connectivity index (χ1) is 13.3. The number of nitrogens with one attached hydrogen (secondary N) is 1. The first-order valence-electron chi connectivity index (χ1n) is 8.37. The maximum Gasteiger partial charge on any atom is 0.326 e. The van der Waals surface area contributed by atoms with Crippen LogP contribution in [0, 0.1) is 5.82 Å². The topological polar surface area (TPSA) is 102 Å². The van der Waals surface area contributed by atoms with Crippen LogP contribution in [-0.4, -0.2) is 20.9 Å². The van der Waals surface area contributed by atoms with Crippen molar-refractivity contribution in [1.29, 1.82) is 0 Å². The van der Waals surface area contributed by atoms with Crippen LogP contribution in [0.1, 0.15) is 5.56 Å². The van der Waals surface area contributed by atoms with E-state index < -0.39 is 28.5 Å². The SMILES string of the molecule is Nc1ccc2c(F)c(N3CC(=O)NS3(=O)=O)c(OCc3ccccc3)cc2c1. The number of carbonyl (C=O) groups is 1.